The highest BCUT2D eigenvalue weighted by molar-refractivity contribution is 7.98. The molecule has 0 aliphatic heterocycles. The van der Waals surface area contributed by atoms with Gasteiger partial charge < -0.3 is 0 Å². The van der Waals surface area contributed by atoms with Crippen molar-refractivity contribution in [2.24, 2.45) is 0 Å². The molecule has 0 saturated heterocycles. The molecule has 5 aromatic rings. The van der Waals surface area contributed by atoms with Crippen molar-refractivity contribution in [3.8, 4) is 5.69 Å². The number of para-hydroxylation sites is 1. The maximum absolute atomic E-state index is 13.4. The lowest BCUT2D eigenvalue weighted by Crippen LogP contribution is -2.22. The van der Waals surface area contributed by atoms with Crippen molar-refractivity contribution in [2.75, 3.05) is 0 Å². The van der Waals surface area contributed by atoms with Crippen molar-refractivity contribution in [3.63, 3.8) is 0 Å². The van der Waals surface area contributed by atoms with Gasteiger partial charge in [-0.15, -0.1) is 0 Å². The summed E-state index contributed by atoms with van der Waals surface area (Å²) in [7, 11) is 0. The van der Waals surface area contributed by atoms with Crippen molar-refractivity contribution in [2.45, 2.75) is 24.8 Å². The minimum absolute atomic E-state index is 0.119. The van der Waals surface area contributed by atoms with E-state index in [0.717, 1.165) is 16.9 Å². The van der Waals surface area contributed by atoms with Gasteiger partial charge in [0.15, 0.2) is 5.16 Å². The molecule has 158 valence electrons. The van der Waals surface area contributed by atoms with Crippen molar-refractivity contribution in [3.05, 3.63) is 110 Å². The van der Waals surface area contributed by atoms with E-state index in [4.69, 9.17) is 4.98 Å². The van der Waals surface area contributed by atoms with Gasteiger partial charge in [0.05, 0.1) is 22.3 Å². The number of hydrogen-bond donors (Lipinski definition) is 0. The average Bonchev–Trinajstić information content (AvgIpc) is 2.78. The Morgan fingerprint density at radius 1 is 0.875 bits per heavy atom. The molecule has 6 nitrogen and oxygen atoms in total. The topological polar surface area (TPSA) is 69.3 Å². The zero-order valence-corrected chi connectivity index (χ0v) is 18.5. The maximum Gasteiger partial charge on any atom is 0.266 e. The number of aryl methyl sites for hydroxylation is 2. The van der Waals surface area contributed by atoms with Crippen molar-refractivity contribution in [1.29, 1.82) is 0 Å². The summed E-state index contributed by atoms with van der Waals surface area (Å²) in [5.74, 6) is 0.413. The molecule has 0 aliphatic rings. The third kappa shape index (κ3) is 3.61. The highest BCUT2D eigenvalue weighted by atomic mass is 32.2. The molecule has 0 fully saturated rings. The van der Waals surface area contributed by atoms with E-state index in [1.54, 1.807) is 21.1 Å². The van der Waals surface area contributed by atoms with Gasteiger partial charge in [0.2, 0.25) is 0 Å². The zero-order chi connectivity index (χ0) is 22.2. The largest absolute Gasteiger partial charge is 0.269 e. The number of aromatic nitrogens is 4. The summed E-state index contributed by atoms with van der Waals surface area (Å²) in [6.07, 6.45) is 0. The predicted molar refractivity (Wildman–Crippen MR) is 128 cm³/mol. The van der Waals surface area contributed by atoms with Crippen molar-refractivity contribution < 1.29 is 0 Å². The molecule has 3 heterocycles. The molecule has 32 heavy (non-hydrogen) atoms. The van der Waals surface area contributed by atoms with Crippen LogP contribution in [-0.2, 0) is 5.75 Å². The fourth-order valence-electron chi connectivity index (χ4n) is 3.71. The highest BCUT2D eigenvalue weighted by Gasteiger charge is 2.14. The first kappa shape index (κ1) is 20.2. The summed E-state index contributed by atoms with van der Waals surface area (Å²) in [5.41, 5.74) is 4.35. The summed E-state index contributed by atoms with van der Waals surface area (Å²) >= 11 is 1.39. The first-order valence-electron chi connectivity index (χ1n) is 10.2. The minimum Gasteiger partial charge on any atom is -0.269 e. The van der Waals surface area contributed by atoms with Gasteiger partial charge in [-0.2, -0.15) is 0 Å². The molecule has 0 radical (unpaired) electrons. The van der Waals surface area contributed by atoms with Gasteiger partial charge in [0.1, 0.15) is 5.65 Å². The Hall–Kier alpha value is -3.71. The smallest absolute Gasteiger partial charge is 0.266 e. The van der Waals surface area contributed by atoms with Crippen LogP contribution in [0.1, 0.15) is 17.0 Å². The quantitative estimate of drug-likeness (QED) is 0.308. The van der Waals surface area contributed by atoms with Crippen LogP contribution in [0.25, 0.3) is 22.2 Å². The van der Waals surface area contributed by atoms with Crippen LogP contribution in [0.5, 0.6) is 0 Å². The van der Waals surface area contributed by atoms with E-state index in [0.29, 0.717) is 33.2 Å². The zero-order valence-electron chi connectivity index (χ0n) is 17.6. The first-order valence-corrected chi connectivity index (χ1v) is 11.2. The second kappa shape index (κ2) is 8.09. The summed E-state index contributed by atoms with van der Waals surface area (Å²) in [6.45, 7) is 3.89. The summed E-state index contributed by atoms with van der Waals surface area (Å²) in [6, 6.07) is 22.2. The van der Waals surface area contributed by atoms with Crippen LogP contribution < -0.4 is 11.1 Å². The van der Waals surface area contributed by atoms with Crippen LogP contribution >= 0.6 is 11.8 Å². The van der Waals surface area contributed by atoms with Gasteiger partial charge in [-0.1, -0.05) is 47.7 Å². The summed E-state index contributed by atoms with van der Waals surface area (Å²) in [4.78, 5) is 35.4. The van der Waals surface area contributed by atoms with Crippen LogP contribution in [-0.4, -0.2) is 18.9 Å². The van der Waals surface area contributed by atoms with Crippen molar-refractivity contribution >= 4 is 28.3 Å². The van der Waals surface area contributed by atoms with Crippen LogP contribution in [0.2, 0.25) is 0 Å². The minimum atomic E-state index is -0.121. The Labute approximate surface area is 188 Å². The molecule has 2 aromatic carbocycles. The van der Waals surface area contributed by atoms with Gasteiger partial charge in [-0.3, -0.25) is 18.6 Å². The van der Waals surface area contributed by atoms with E-state index in [-0.39, 0.29) is 11.1 Å². The molecule has 0 spiro atoms. The molecular weight excluding hydrogens is 420 g/mol. The Morgan fingerprint density at radius 2 is 1.66 bits per heavy atom. The number of fused-ring (bicyclic) bond motifs is 2. The SMILES string of the molecule is Cc1ccc(-n2c(SCc3cc(=O)n4c(C)cccc4n3)nc3ccccc3c2=O)cc1. The number of benzene rings is 2. The summed E-state index contributed by atoms with van der Waals surface area (Å²) < 4.78 is 3.22. The second-order valence-electron chi connectivity index (χ2n) is 7.62. The fourth-order valence-corrected chi connectivity index (χ4v) is 4.61. The van der Waals surface area contributed by atoms with E-state index in [9.17, 15) is 9.59 Å². The Bertz CT molecular complexity index is 1590. The number of hydrogen-bond acceptors (Lipinski definition) is 5. The van der Waals surface area contributed by atoms with E-state index < -0.39 is 0 Å². The Kier molecular flexibility index (Phi) is 5.11. The molecule has 0 atom stereocenters. The van der Waals surface area contributed by atoms with E-state index in [1.165, 1.54) is 11.8 Å². The standard InChI is InChI=1S/C25H20N4O2S/c1-16-10-12-19(13-11-16)29-24(31)20-7-3-4-8-21(20)27-25(29)32-15-18-14-23(30)28-17(2)6-5-9-22(28)26-18/h3-14H,15H2,1-2H3. The molecule has 0 N–H and O–H groups in total. The van der Waals surface area contributed by atoms with Gasteiger partial charge >= 0.3 is 0 Å². The molecule has 7 heteroatoms. The Morgan fingerprint density at radius 3 is 2.47 bits per heavy atom. The highest BCUT2D eigenvalue weighted by Crippen LogP contribution is 2.24. The van der Waals surface area contributed by atoms with E-state index in [2.05, 4.69) is 4.98 Å². The predicted octanol–water partition coefficient (Wildman–Crippen LogP) is 4.30. The van der Waals surface area contributed by atoms with Crippen LogP contribution in [0.3, 0.4) is 0 Å². The number of thioether (sulfide) groups is 1. The van der Waals surface area contributed by atoms with Crippen LogP contribution in [0, 0.1) is 13.8 Å². The van der Waals surface area contributed by atoms with Crippen molar-refractivity contribution in [1.82, 2.24) is 18.9 Å². The van der Waals surface area contributed by atoms with E-state index >= 15 is 0 Å². The van der Waals surface area contributed by atoms with E-state index in [1.807, 2.05) is 74.5 Å². The molecular formula is C25H20N4O2S. The summed E-state index contributed by atoms with van der Waals surface area (Å²) in [5, 5.41) is 1.12. The normalized spacial score (nSPS) is 11.3. The lowest BCUT2D eigenvalue weighted by Gasteiger charge is -2.13. The average molecular weight is 441 g/mol. The lowest BCUT2D eigenvalue weighted by atomic mass is 10.2. The molecule has 0 saturated carbocycles. The molecule has 0 unspecified atom stereocenters. The van der Waals surface area contributed by atoms with Gasteiger partial charge in [-0.05, 0) is 50.2 Å². The van der Waals surface area contributed by atoms with Gasteiger partial charge in [0.25, 0.3) is 11.1 Å². The van der Waals surface area contributed by atoms with Gasteiger partial charge in [0, 0.05) is 17.5 Å². The molecule has 0 aliphatic carbocycles. The second-order valence-corrected chi connectivity index (χ2v) is 8.57. The fraction of sp³-hybridized carbons (Fsp3) is 0.120. The number of nitrogens with zero attached hydrogens (tertiary/aromatic N) is 4. The molecule has 0 bridgehead atoms. The number of rotatable bonds is 4. The molecule has 5 rings (SSSR count). The van der Waals surface area contributed by atoms with Crippen LogP contribution in [0.15, 0.2) is 87.5 Å². The lowest BCUT2D eigenvalue weighted by molar-refractivity contribution is 0.818. The molecule has 0 amide bonds. The van der Waals surface area contributed by atoms with Gasteiger partial charge in [-0.25, -0.2) is 9.97 Å². The monoisotopic (exact) mass is 440 g/mol. The first-order chi connectivity index (χ1) is 15.5. The van der Waals surface area contributed by atoms with Crippen LogP contribution in [0.4, 0.5) is 0 Å². The number of pyridine rings is 1. The third-order valence-electron chi connectivity index (χ3n) is 5.32. The molecule has 3 aromatic heterocycles. The third-order valence-corrected chi connectivity index (χ3v) is 6.29. The maximum atomic E-state index is 13.4. The Balaban J connectivity index is 1.60.